The van der Waals surface area contributed by atoms with E-state index in [4.69, 9.17) is 13.9 Å². The fraction of sp³-hybridized carbons (Fsp3) is 0.188. The van der Waals surface area contributed by atoms with E-state index in [0.29, 0.717) is 24.0 Å². The number of fused-ring (bicyclic) bond motifs is 2. The van der Waals surface area contributed by atoms with Crippen LogP contribution in [0.3, 0.4) is 0 Å². The summed E-state index contributed by atoms with van der Waals surface area (Å²) in [6.07, 6.45) is -0.188. The molecule has 2 heterocycles. The van der Waals surface area contributed by atoms with Crippen molar-refractivity contribution < 1.29 is 13.9 Å². The molecule has 0 saturated carbocycles. The van der Waals surface area contributed by atoms with Gasteiger partial charge in [0.1, 0.15) is 12.1 Å². The maximum absolute atomic E-state index is 6.00. The molecule has 20 heavy (non-hydrogen) atoms. The van der Waals surface area contributed by atoms with Crippen molar-refractivity contribution >= 4 is 11.1 Å². The number of aromatic nitrogens is 1. The maximum atomic E-state index is 6.00. The zero-order chi connectivity index (χ0) is 13.5. The SMILES string of the molecule is Cc1nc2c(C3COc4[c]cccc4O3)cccc2o1. The Labute approximate surface area is 116 Å². The summed E-state index contributed by atoms with van der Waals surface area (Å²) >= 11 is 0. The van der Waals surface area contributed by atoms with Crippen LogP contribution in [0.25, 0.3) is 11.1 Å². The first kappa shape index (κ1) is 11.3. The molecule has 0 bridgehead atoms. The molecule has 0 N–H and O–H groups in total. The Hall–Kier alpha value is -2.49. The predicted octanol–water partition coefficient (Wildman–Crippen LogP) is 3.45. The van der Waals surface area contributed by atoms with Crippen molar-refractivity contribution in [2.75, 3.05) is 6.61 Å². The van der Waals surface area contributed by atoms with Gasteiger partial charge in [-0.3, -0.25) is 0 Å². The second kappa shape index (κ2) is 4.27. The quantitative estimate of drug-likeness (QED) is 0.676. The highest BCUT2D eigenvalue weighted by Crippen LogP contribution is 2.37. The molecule has 1 aliphatic heterocycles. The third-order valence-corrected chi connectivity index (χ3v) is 3.33. The minimum atomic E-state index is -0.188. The number of aryl methyl sites for hydroxylation is 1. The maximum Gasteiger partial charge on any atom is 0.192 e. The molecule has 2 aromatic carbocycles. The van der Waals surface area contributed by atoms with Crippen LogP contribution in [0.2, 0.25) is 0 Å². The number of hydrogen-bond acceptors (Lipinski definition) is 4. The summed E-state index contributed by atoms with van der Waals surface area (Å²) in [5.41, 5.74) is 2.59. The van der Waals surface area contributed by atoms with Gasteiger partial charge in [-0.1, -0.05) is 24.3 Å². The number of rotatable bonds is 1. The van der Waals surface area contributed by atoms with E-state index >= 15 is 0 Å². The lowest BCUT2D eigenvalue weighted by Crippen LogP contribution is -2.21. The molecule has 1 aromatic heterocycles. The van der Waals surface area contributed by atoms with Gasteiger partial charge in [0.15, 0.2) is 29.1 Å². The molecule has 0 saturated heterocycles. The van der Waals surface area contributed by atoms with E-state index in [1.165, 1.54) is 0 Å². The zero-order valence-corrected chi connectivity index (χ0v) is 10.9. The molecule has 3 aromatic rings. The van der Waals surface area contributed by atoms with Gasteiger partial charge in [0.25, 0.3) is 0 Å². The Morgan fingerprint density at radius 3 is 3.15 bits per heavy atom. The van der Waals surface area contributed by atoms with Crippen LogP contribution in [0.15, 0.2) is 40.8 Å². The summed E-state index contributed by atoms with van der Waals surface area (Å²) in [4.78, 5) is 4.43. The van der Waals surface area contributed by atoms with Crippen molar-refractivity contribution in [2.24, 2.45) is 0 Å². The van der Waals surface area contributed by atoms with Gasteiger partial charge in [0.2, 0.25) is 0 Å². The van der Waals surface area contributed by atoms with Crippen molar-refractivity contribution in [2.45, 2.75) is 13.0 Å². The van der Waals surface area contributed by atoms with Gasteiger partial charge in [0, 0.05) is 18.6 Å². The summed E-state index contributed by atoms with van der Waals surface area (Å²) in [6.45, 7) is 2.28. The van der Waals surface area contributed by atoms with Crippen molar-refractivity contribution in [3.63, 3.8) is 0 Å². The van der Waals surface area contributed by atoms with Crippen LogP contribution >= 0.6 is 0 Å². The summed E-state index contributed by atoms with van der Waals surface area (Å²) in [6, 6.07) is 14.4. The standard InChI is InChI=1S/C16H12NO3/c1-10-17-16-11(5-4-8-14(16)19-10)15-9-18-12-6-2-3-7-13(12)20-15/h2-5,7-8,15H,9H2,1H3. The molecule has 4 rings (SSSR count). The second-order valence-corrected chi connectivity index (χ2v) is 4.71. The molecule has 1 aliphatic rings. The van der Waals surface area contributed by atoms with Gasteiger partial charge >= 0.3 is 0 Å². The van der Waals surface area contributed by atoms with Crippen molar-refractivity contribution in [1.29, 1.82) is 0 Å². The highest BCUT2D eigenvalue weighted by molar-refractivity contribution is 5.77. The van der Waals surface area contributed by atoms with Crippen LogP contribution in [0.5, 0.6) is 11.5 Å². The van der Waals surface area contributed by atoms with Gasteiger partial charge in [-0.15, -0.1) is 0 Å². The van der Waals surface area contributed by atoms with E-state index in [0.717, 1.165) is 16.7 Å². The van der Waals surface area contributed by atoms with Crippen molar-refractivity contribution in [1.82, 2.24) is 4.98 Å². The predicted molar refractivity (Wildman–Crippen MR) is 72.9 cm³/mol. The lowest BCUT2D eigenvalue weighted by molar-refractivity contribution is 0.0919. The van der Waals surface area contributed by atoms with Crippen LogP contribution in [0, 0.1) is 13.0 Å². The van der Waals surface area contributed by atoms with Gasteiger partial charge in [-0.25, -0.2) is 4.98 Å². The van der Waals surface area contributed by atoms with Crippen LogP contribution in [-0.2, 0) is 0 Å². The molecule has 1 radical (unpaired) electrons. The largest absolute Gasteiger partial charge is 0.485 e. The second-order valence-electron chi connectivity index (χ2n) is 4.71. The number of hydrogen-bond donors (Lipinski definition) is 0. The minimum absolute atomic E-state index is 0.188. The monoisotopic (exact) mass is 266 g/mol. The van der Waals surface area contributed by atoms with E-state index in [1.807, 2.05) is 43.3 Å². The molecule has 4 nitrogen and oxygen atoms in total. The van der Waals surface area contributed by atoms with Gasteiger partial charge in [-0.05, 0) is 12.1 Å². The van der Waals surface area contributed by atoms with Crippen molar-refractivity contribution in [3.05, 3.63) is 53.9 Å². The molecule has 0 fully saturated rings. The van der Waals surface area contributed by atoms with Crippen LogP contribution in [-0.4, -0.2) is 11.6 Å². The fourth-order valence-electron chi connectivity index (χ4n) is 2.45. The van der Waals surface area contributed by atoms with E-state index in [9.17, 15) is 0 Å². The highest BCUT2D eigenvalue weighted by atomic mass is 16.6. The van der Waals surface area contributed by atoms with Gasteiger partial charge < -0.3 is 13.9 Å². The average molecular weight is 266 g/mol. The van der Waals surface area contributed by atoms with E-state index in [2.05, 4.69) is 11.1 Å². The molecule has 0 spiro atoms. The topological polar surface area (TPSA) is 44.5 Å². The Morgan fingerprint density at radius 1 is 1.25 bits per heavy atom. The Balaban J connectivity index is 1.78. The first-order chi connectivity index (χ1) is 9.81. The normalized spacial score (nSPS) is 17.4. The molecule has 99 valence electrons. The summed E-state index contributed by atoms with van der Waals surface area (Å²) in [5, 5.41) is 0. The minimum Gasteiger partial charge on any atom is -0.485 e. The molecule has 1 unspecified atom stereocenters. The van der Waals surface area contributed by atoms with Gasteiger partial charge in [-0.2, -0.15) is 0 Å². The number of nitrogens with zero attached hydrogens (tertiary/aromatic N) is 1. The third-order valence-electron chi connectivity index (χ3n) is 3.33. The Morgan fingerprint density at radius 2 is 2.20 bits per heavy atom. The molecule has 0 amide bonds. The van der Waals surface area contributed by atoms with E-state index in [1.54, 1.807) is 0 Å². The third kappa shape index (κ3) is 1.72. The van der Waals surface area contributed by atoms with Gasteiger partial charge in [0.05, 0.1) is 0 Å². The van der Waals surface area contributed by atoms with Crippen LogP contribution < -0.4 is 9.47 Å². The summed E-state index contributed by atoms with van der Waals surface area (Å²) < 4.78 is 17.3. The first-order valence-corrected chi connectivity index (χ1v) is 6.47. The number of benzene rings is 2. The lowest BCUT2D eigenvalue weighted by atomic mass is 10.1. The highest BCUT2D eigenvalue weighted by Gasteiger charge is 2.25. The molecular weight excluding hydrogens is 254 g/mol. The zero-order valence-electron chi connectivity index (χ0n) is 10.9. The molecule has 4 heteroatoms. The molecule has 0 aliphatic carbocycles. The average Bonchev–Trinajstić information content (AvgIpc) is 2.86. The van der Waals surface area contributed by atoms with Crippen LogP contribution in [0.1, 0.15) is 17.6 Å². The van der Waals surface area contributed by atoms with Crippen LogP contribution in [0.4, 0.5) is 0 Å². The Bertz CT molecular complexity index is 778. The molecular formula is C16H12NO3. The molecule has 1 atom stereocenters. The Kier molecular flexibility index (Phi) is 2.42. The number of ether oxygens (including phenoxy) is 2. The van der Waals surface area contributed by atoms with E-state index in [-0.39, 0.29) is 6.10 Å². The lowest BCUT2D eigenvalue weighted by Gasteiger charge is -2.26. The number of para-hydroxylation sites is 2. The fourth-order valence-corrected chi connectivity index (χ4v) is 2.45. The summed E-state index contributed by atoms with van der Waals surface area (Å²) in [7, 11) is 0. The van der Waals surface area contributed by atoms with E-state index < -0.39 is 0 Å². The first-order valence-electron chi connectivity index (χ1n) is 6.47. The summed E-state index contributed by atoms with van der Waals surface area (Å²) in [5.74, 6) is 2.02. The van der Waals surface area contributed by atoms with Crippen molar-refractivity contribution in [3.8, 4) is 11.5 Å². The smallest absolute Gasteiger partial charge is 0.192 e. The number of oxazole rings is 1.